The van der Waals surface area contributed by atoms with Crippen LogP contribution in [0.3, 0.4) is 0 Å². The summed E-state index contributed by atoms with van der Waals surface area (Å²) in [7, 11) is 1.96. The Balaban J connectivity index is 1.85. The molecular formula is C19H20FN3. The number of aromatic nitrogens is 2. The van der Waals surface area contributed by atoms with Crippen LogP contribution in [-0.2, 0) is 13.6 Å². The summed E-state index contributed by atoms with van der Waals surface area (Å²) in [6, 6.07) is 14.9. The van der Waals surface area contributed by atoms with Crippen molar-refractivity contribution in [1.29, 1.82) is 0 Å². The van der Waals surface area contributed by atoms with E-state index in [2.05, 4.69) is 41.5 Å². The number of imidazole rings is 1. The van der Waals surface area contributed by atoms with Crippen LogP contribution in [0.4, 0.5) is 4.39 Å². The zero-order chi connectivity index (χ0) is 16.2. The molecule has 0 radical (unpaired) electrons. The third-order valence-electron chi connectivity index (χ3n) is 3.95. The number of benzene rings is 2. The zero-order valence-electron chi connectivity index (χ0n) is 13.3. The number of hydrogen-bond donors (Lipinski definition) is 1. The highest BCUT2D eigenvalue weighted by molar-refractivity contribution is 5.27. The molecule has 0 aliphatic heterocycles. The Hall–Kier alpha value is -2.46. The molecule has 1 N–H and O–H groups in total. The van der Waals surface area contributed by atoms with Crippen molar-refractivity contribution in [2.75, 3.05) is 0 Å². The van der Waals surface area contributed by atoms with Crippen molar-refractivity contribution in [3.8, 4) is 0 Å². The van der Waals surface area contributed by atoms with Crippen molar-refractivity contribution >= 4 is 0 Å². The molecule has 1 atom stereocenters. The van der Waals surface area contributed by atoms with E-state index in [0.717, 1.165) is 17.9 Å². The Labute approximate surface area is 135 Å². The average Bonchev–Trinajstić information content (AvgIpc) is 2.97. The average molecular weight is 309 g/mol. The van der Waals surface area contributed by atoms with Crippen LogP contribution in [-0.4, -0.2) is 9.55 Å². The zero-order valence-corrected chi connectivity index (χ0v) is 13.3. The third-order valence-corrected chi connectivity index (χ3v) is 3.95. The van der Waals surface area contributed by atoms with Gasteiger partial charge in [-0.2, -0.15) is 0 Å². The highest BCUT2D eigenvalue weighted by atomic mass is 19.1. The number of hydrogen-bond acceptors (Lipinski definition) is 2. The first kappa shape index (κ1) is 15.4. The van der Waals surface area contributed by atoms with E-state index >= 15 is 0 Å². The number of aryl methyl sites for hydroxylation is 2. The lowest BCUT2D eigenvalue weighted by atomic mass is 10.1. The maximum Gasteiger partial charge on any atom is 0.130 e. The van der Waals surface area contributed by atoms with Crippen molar-refractivity contribution in [2.24, 2.45) is 7.05 Å². The first-order valence-electron chi connectivity index (χ1n) is 7.65. The molecule has 0 fully saturated rings. The molecule has 4 heteroatoms. The minimum atomic E-state index is -0.231. The van der Waals surface area contributed by atoms with Gasteiger partial charge in [0.2, 0.25) is 0 Å². The van der Waals surface area contributed by atoms with Crippen LogP contribution in [0.25, 0.3) is 0 Å². The molecule has 118 valence electrons. The second-order valence-corrected chi connectivity index (χ2v) is 5.75. The van der Waals surface area contributed by atoms with Gasteiger partial charge in [0, 0.05) is 26.0 Å². The van der Waals surface area contributed by atoms with E-state index in [9.17, 15) is 4.39 Å². The smallest absolute Gasteiger partial charge is 0.130 e. The summed E-state index contributed by atoms with van der Waals surface area (Å²) in [4.78, 5) is 4.45. The van der Waals surface area contributed by atoms with Gasteiger partial charge in [-0.15, -0.1) is 0 Å². The minimum Gasteiger partial charge on any atom is -0.336 e. The summed E-state index contributed by atoms with van der Waals surface area (Å²) in [5, 5.41) is 3.53. The fourth-order valence-corrected chi connectivity index (χ4v) is 2.59. The second-order valence-electron chi connectivity index (χ2n) is 5.75. The summed E-state index contributed by atoms with van der Waals surface area (Å²) in [5.41, 5.74) is 3.44. The van der Waals surface area contributed by atoms with Crippen LogP contribution in [0, 0.1) is 12.7 Å². The van der Waals surface area contributed by atoms with Gasteiger partial charge in [0.05, 0.1) is 6.04 Å². The standard InChI is InChI=1S/C19H20FN3/c1-14-3-5-15(6-4-14)13-22-18(19-21-11-12-23(19)2)16-7-9-17(20)10-8-16/h3-12,18,22H,13H2,1-2H3. The van der Waals surface area contributed by atoms with Gasteiger partial charge < -0.3 is 4.57 Å². The van der Waals surface area contributed by atoms with Gasteiger partial charge in [-0.3, -0.25) is 5.32 Å². The first-order chi connectivity index (χ1) is 11.1. The number of nitrogens with zero attached hydrogens (tertiary/aromatic N) is 2. The summed E-state index contributed by atoms with van der Waals surface area (Å²) in [6.07, 6.45) is 3.69. The number of rotatable bonds is 5. The minimum absolute atomic E-state index is 0.0862. The normalized spacial score (nSPS) is 12.3. The molecule has 3 nitrogen and oxygen atoms in total. The van der Waals surface area contributed by atoms with Gasteiger partial charge in [0.15, 0.2) is 0 Å². The van der Waals surface area contributed by atoms with Crippen LogP contribution in [0.15, 0.2) is 60.9 Å². The Bertz CT molecular complexity index is 760. The van der Waals surface area contributed by atoms with Crippen LogP contribution in [0.2, 0.25) is 0 Å². The van der Waals surface area contributed by atoms with Crippen molar-refractivity contribution < 1.29 is 4.39 Å². The highest BCUT2D eigenvalue weighted by Crippen LogP contribution is 2.21. The fourth-order valence-electron chi connectivity index (χ4n) is 2.59. The molecule has 0 saturated heterocycles. The molecule has 1 unspecified atom stereocenters. The molecule has 0 aliphatic carbocycles. The molecule has 3 aromatic rings. The van der Waals surface area contributed by atoms with Crippen LogP contribution < -0.4 is 5.32 Å². The van der Waals surface area contributed by atoms with Crippen LogP contribution in [0.5, 0.6) is 0 Å². The summed E-state index contributed by atoms with van der Waals surface area (Å²) >= 11 is 0. The van der Waals surface area contributed by atoms with Gasteiger partial charge in [-0.05, 0) is 30.2 Å². The molecular weight excluding hydrogens is 289 g/mol. The van der Waals surface area contributed by atoms with E-state index in [1.165, 1.54) is 23.3 Å². The largest absolute Gasteiger partial charge is 0.336 e. The van der Waals surface area contributed by atoms with Gasteiger partial charge in [-0.25, -0.2) is 9.37 Å². The molecule has 0 spiro atoms. The molecule has 3 rings (SSSR count). The predicted molar refractivity (Wildman–Crippen MR) is 89.5 cm³/mol. The van der Waals surface area contributed by atoms with Crippen molar-refractivity contribution in [2.45, 2.75) is 19.5 Å². The number of halogens is 1. The van der Waals surface area contributed by atoms with E-state index < -0.39 is 0 Å². The fraction of sp³-hybridized carbons (Fsp3) is 0.211. The van der Waals surface area contributed by atoms with E-state index in [1.54, 1.807) is 18.3 Å². The molecule has 0 amide bonds. The van der Waals surface area contributed by atoms with Crippen molar-refractivity contribution in [3.05, 3.63) is 89.3 Å². The second kappa shape index (κ2) is 6.75. The Morgan fingerprint density at radius 1 is 1.09 bits per heavy atom. The Morgan fingerprint density at radius 3 is 2.39 bits per heavy atom. The molecule has 23 heavy (non-hydrogen) atoms. The monoisotopic (exact) mass is 309 g/mol. The number of nitrogens with one attached hydrogen (secondary N) is 1. The van der Waals surface area contributed by atoms with E-state index in [-0.39, 0.29) is 11.9 Å². The lowest BCUT2D eigenvalue weighted by Gasteiger charge is -2.19. The third kappa shape index (κ3) is 3.66. The van der Waals surface area contributed by atoms with E-state index in [1.807, 2.05) is 17.8 Å². The molecule has 1 aromatic heterocycles. The van der Waals surface area contributed by atoms with Crippen molar-refractivity contribution in [1.82, 2.24) is 14.9 Å². The maximum absolute atomic E-state index is 13.2. The molecule has 0 saturated carbocycles. The van der Waals surface area contributed by atoms with E-state index in [0.29, 0.717) is 0 Å². The van der Waals surface area contributed by atoms with Crippen LogP contribution >= 0.6 is 0 Å². The maximum atomic E-state index is 13.2. The van der Waals surface area contributed by atoms with Gasteiger partial charge in [0.25, 0.3) is 0 Å². The molecule has 0 aliphatic rings. The Kier molecular flexibility index (Phi) is 4.53. The van der Waals surface area contributed by atoms with Gasteiger partial charge in [-0.1, -0.05) is 42.0 Å². The summed E-state index contributed by atoms with van der Waals surface area (Å²) in [5.74, 6) is 0.676. The molecule has 0 bridgehead atoms. The summed E-state index contributed by atoms with van der Waals surface area (Å²) in [6.45, 7) is 2.79. The predicted octanol–water partition coefficient (Wildman–Crippen LogP) is 3.75. The van der Waals surface area contributed by atoms with E-state index in [4.69, 9.17) is 0 Å². The van der Waals surface area contributed by atoms with Gasteiger partial charge in [0.1, 0.15) is 11.6 Å². The highest BCUT2D eigenvalue weighted by Gasteiger charge is 2.17. The van der Waals surface area contributed by atoms with Gasteiger partial charge >= 0.3 is 0 Å². The molecule has 2 aromatic carbocycles. The first-order valence-corrected chi connectivity index (χ1v) is 7.65. The van der Waals surface area contributed by atoms with Crippen LogP contribution in [0.1, 0.15) is 28.6 Å². The molecule has 1 heterocycles. The SMILES string of the molecule is Cc1ccc(CNC(c2ccc(F)cc2)c2nccn2C)cc1. The topological polar surface area (TPSA) is 29.9 Å². The summed E-state index contributed by atoms with van der Waals surface area (Å²) < 4.78 is 15.2. The van der Waals surface area contributed by atoms with Crippen molar-refractivity contribution in [3.63, 3.8) is 0 Å². The lowest BCUT2D eigenvalue weighted by molar-refractivity contribution is 0.555. The Morgan fingerprint density at radius 2 is 1.78 bits per heavy atom. The lowest BCUT2D eigenvalue weighted by Crippen LogP contribution is -2.24. The quantitative estimate of drug-likeness (QED) is 0.778.